The summed E-state index contributed by atoms with van der Waals surface area (Å²) in [5, 5.41) is 12.7. The molecule has 0 spiro atoms. The minimum atomic E-state index is -0.179. The van der Waals surface area contributed by atoms with Crippen LogP contribution >= 0.6 is 24.8 Å². The van der Waals surface area contributed by atoms with E-state index in [0.717, 1.165) is 38.0 Å². The smallest absolute Gasteiger partial charge is 0.237 e. The fourth-order valence-electron chi connectivity index (χ4n) is 3.82. The number of carbonyl (C=O) groups is 1. The van der Waals surface area contributed by atoms with Gasteiger partial charge in [-0.2, -0.15) is 0 Å². The molecule has 2 N–H and O–H groups in total. The number of nitrogens with zero attached hydrogens (tertiary/aromatic N) is 2. The maximum Gasteiger partial charge on any atom is 0.237 e. The van der Waals surface area contributed by atoms with Crippen LogP contribution in [0.25, 0.3) is 0 Å². The summed E-state index contributed by atoms with van der Waals surface area (Å²) in [6.45, 7) is 4.08. The Morgan fingerprint density at radius 1 is 1.19 bits per heavy atom. The molecule has 2 aliphatic heterocycles. The Labute approximate surface area is 174 Å². The number of rotatable bonds is 5. The lowest BCUT2D eigenvalue weighted by Gasteiger charge is -2.44. The lowest BCUT2D eigenvalue weighted by molar-refractivity contribution is -0.147. The number of benzene rings is 1. The first-order valence-corrected chi connectivity index (χ1v) is 9.20. The summed E-state index contributed by atoms with van der Waals surface area (Å²) in [7, 11) is 1.80. The highest BCUT2D eigenvalue weighted by Gasteiger charge is 2.37. The summed E-state index contributed by atoms with van der Waals surface area (Å²) < 4.78 is 6.11. The number of morpholine rings is 1. The highest BCUT2D eigenvalue weighted by Crippen LogP contribution is 2.30. The molecule has 6 nitrogen and oxygen atoms in total. The first-order chi connectivity index (χ1) is 12.2. The van der Waals surface area contributed by atoms with Gasteiger partial charge in [0.15, 0.2) is 0 Å². The normalized spacial score (nSPS) is 24.0. The molecule has 0 saturated carbocycles. The number of hydrogen-bond donors (Lipinski definition) is 2. The van der Waals surface area contributed by atoms with E-state index in [1.807, 2.05) is 23.1 Å². The van der Waals surface area contributed by atoms with Crippen molar-refractivity contribution >= 4 is 30.7 Å². The summed E-state index contributed by atoms with van der Waals surface area (Å²) in [5.74, 6) is 0.110. The highest BCUT2D eigenvalue weighted by molar-refractivity contribution is 5.85. The first kappa shape index (κ1) is 24.1. The van der Waals surface area contributed by atoms with Crippen molar-refractivity contribution in [2.45, 2.75) is 31.1 Å². The molecule has 0 bridgehead atoms. The van der Waals surface area contributed by atoms with E-state index in [9.17, 15) is 9.90 Å². The van der Waals surface area contributed by atoms with Gasteiger partial charge >= 0.3 is 0 Å². The zero-order valence-corrected chi connectivity index (χ0v) is 17.4. The van der Waals surface area contributed by atoms with Crippen molar-refractivity contribution in [1.29, 1.82) is 0 Å². The Bertz CT molecular complexity index is 556. The van der Waals surface area contributed by atoms with E-state index in [-0.39, 0.29) is 49.0 Å². The predicted octanol–water partition coefficient (Wildman–Crippen LogP) is 1.47. The van der Waals surface area contributed by atoms with E-state index in [2.05, 4.69) is 22.3 Å². The molecule has 0 aromatic heterocycles. The third kappa shape index (κ3) is 6.31. The average Bonchev–Trinajstić information content (AvgIpc) is 2.64. The van der Waals surface area contributed by atoms with Crippen LogP contribution in [-0.4, -0.2) is 79.4 Å². The molecule has 2 fully saturated rings. The fraction of sp³-hybridized carbons (Fsp3) is 0.632. The third-order valence-corrected chi connectivity index (χ3v) is 5.14. The van der Waals surface area contributed by atoms with Crippen LogP contribution in [0.5, 0.6) is 0 Å². The molecule has 2 heterocycles. The van der Waals surface area contributed by atoms with Crippen molar-refractivity contribution in [3.63, 3.8) is 0 Å². The standard InChI is InChI=1S/C19H29N3O3.2ClH/c1-20-13-18(24)22-11-12-25-17(14-21-9-7-16(23)8-10-21)19(22)15-5-3-2-4-6-15;;/h2-6,16-17,19-20,23H,7-14H2,1H3;2*1H/t17-,19-;;/m0../s1. The van der Waals surface area contributed by atoms with Crippen molar-refractivity contribution < 1.29 is 14.6 Å². The number of amides is 1. The molecule has 0 radical (unpaired) electrons. The maximum absolute atomic E-state index is 12.6. The molecule has 0 unspecified atom stereocenters. The average molecular weight is 420 g/mol. The molecular formula is C19H31Cl2N3O3. The van der Waals surface area contributed by atoms with Gasteiger partial charge in [-0.1, -0.05) is 30.3 Å². The molecule has 1 aromatic rings. The second-order valence-electron chi connectivity index (χ2n) is 6.91. The minimum absolute atomic E-state index is 0. The Balaban J connectivity index is 0.00000182. The molecule has 27 heavy (non-hydrogen) atoms. The number of carbonyl (C=O) groups excluding carboxylic acids is 1. The van der Waals surface area contributed by atoms with Gasteiger partial charge in [0, 0.05) is 26.2 Å². The van der Waals surface area contributed by atoms with Gasteiger partial charge in [-0.3, -0.25) is 4.79 Å². The quantitative estimate of drug-likeness (QED) is 0.756. The van der Waals surface area contributed by atoms with Crippen LogP contribution in [0.1, 0.15) is 24.4 Å². The summed E-state index contributed by atoms with van der Waals surface area (Å²) in [6.07, 6.45) is 1.39. The van der Waals surface area contributed by atoms with E-state index in [1.165, 1.54) is 0 Å². The van der Waals surface area contributed by atoms with Gasteiger partial charge in [0.25, 0.3) is 0 Å². The van der Waals surface area contributed by atoms with Crippen LogP contribution in [-0.2, 0) is 9.53 Å². The zero-order valence-electron chi connectivity index (χ0n) is 15.8. The highest BCUT2D eigenvalue weighted by atomic mass is 35.5. The molecule has 2 saturated heterocycles. The summed E-state index contributed by atoms with van der Waals surface area (Å²) >= 11 is 0. The van der Waals surface area contributed by atoms with Gasteiger partial charge in [0.05, 0.1) is 31.4 Å². The van der Waals surface area contributed by atoms with Crippen molar-refractivity contribution in [2.24, 2.45) is 0 Å². The number of ether oxygens (including phenoxy) is 1. The number of hydrogen-bond acceptors (Lipinski definition) is 5. The molecule has 1 amide bonds. The van der Waals surface area contributed by atoms with E-state index >= 15 is 0 Å². The van der Waals surface area contributed by atoms with E-state index in [0.29, 0.717) is 19.7 Å². The summed E-state index contributed by atoms with van der Waals surface area (Å²) in [5.41, 5.74) is 1.12. The second kappa shape index (κ2) is 11.8. The third-order valence-electron chi connectivity index (χ3n) is 5.14. The Hall–Kier alpha value is -0.890. The monoisotopic (exact) mass is 419 g/mol. The van der Waals surface area contributed by atoms with Crippen molar-refractivity contribution in [3.8, 4) is 0 Å². The molecule has 2 atom stereocenters. The number of nitrogens with one attached hydrogen (secondary N) is 1. The van der Waals surface area contributed by atoms with Gasteiger partial charge in [-0.05, 0) is 25.5 Å². The molecule has 154 valence electrons. The summed E-state index contributed by atoms with van der Waals surface area (Å²) in [6, 6.07) is 10.1. The lowest BCUT2D eigenvalue weighted by atomic mass is 9.96. The van der Waals surface area contributed by atoms with Crippen LogP contribution < -0.4 is 5.32 Å². The molecule has 0 aliphatic carbocycles. The fourth-order valence-corrected chi connectivity index (χ4v) is 3.82. The van der Waals surface area contributed by atoms with Crippen LogP contribution in [0.4, 0.5) is 0 Å². The van der Waals surface area contributed by atoms with Crippen LogP contribution in [0.2, 0.25) is 0 Å². The number of likely N-dealkylation sites (N-methyl/N-ethyl adjacent to an activating group) is 1. The van der Waals surface area contributed by atoms with Gasteiger partial charge in [-0.15, -0.1) is 24.8 Å². The minimum Gasteiger partial charge on any atom is -0.393 e. The Morgan fingerprint density at radius 2 is 1.85 bits per heavy atom. The van der Waals surface area contributed by atoms with Crippen LogP contribution in [0.3, 0.4) is 0 Å². The maximum atomic E-state index is 12.6. The number of aliphatic hydroxyl groups excluding tert-OH is 1. The van der Waals surface area contributed by atoms with E-state index in [1.54, 1.807) is 7.05 Å². The van der Waals surface area contributed by atoms with Crippen LogP contribution in [0.15, 0.2) is 30.3 Å². The first-order valence-electron chi connectivity index (χ1n) is 9.20. The molecule has 8 heteroatoms. The van der Waals surface area contributed by atoms with Gasteiger partial charge in [0.2, 0.25) is 5.91 Å². The van der Waals surface area contributed by atoms with E-state index in [4.69, 9.17) is 4.74 Å². The van der Waals surface area contributed by atoms with Gasteiger partial charge in [0.1, 0.15) is 0 Å². The molecule has 1 aromatic carbocycles. The van der Waals surface area contributed by atoms with Gasteiger partial charge < -0.3 is 25.0 Å². The second-order valence-corrected chi connectivity index (χ2v) is 6.91. The largest absolute Gasteiger partial charge is 0.393 e. The lowest BCUT2D eigenvalue weighted by Crippen LogP contribution is -2.54. The van der Waals surface area contributed by atoms with E-state index < -0.39 is 0 Å². The number of aliphatic hydroxyl groups is 1. The Kier molecular flexibility index (Phi) is 10.6. The topological polar surface area (TPSA) is 65.0 Å². The van der Waals surface area contributed by atoms with Crippen LogP contribution in [0, 0.1) is 0 Å². The SMILES string of the molecule is CNCC(=O)N1CCO[C@@H](CN2CCC(O)CC2)[C@@H]1c1ccccc1.Cl.Cl. The van der Waals surface area contributed by atoms with Crippen molar-refractivity contribution in [3.05, 3.63) is 35.9 Å². The molecular weight excluding hydrogens is 389 g/mol. The predicted molar refractivity (Wildman–Crippen MR) is 111 cm³/mol. The Morgan fingerprint density at radius 3 is 2.48 bits per heavy atom. The van der Waals surface area contributed by atoms with Gasteiger partial charge in [-0.25, -0.2) is 0 Å². The molecule has 3 rings (SSSR count). The number of likely N-dealkylation sites (tertiary alicyclic amines) is 1. The number of piperidine rings is 1. The number of halogens is 2. The molecule has 2 aliphatic rings. The van der Waals surface area contributed by atoms with Crippen molar-refractivity contribution in [2.75, 3.05) is 46.4 Å². The summed E-state index contributed by atoms with van der Waals surface area (Å²) in [4.78, 5) is 16.9. The van der Waals surface area contributed by atoms with Crippen molar-refractivity contribution in [1.82, 2.24) is 15.1 Å². The zero-order chi connectivity index (χ0) is 17.6.